The lowest BCUT2D eigenvalue weighted by Gasteiger charge is -2.06. The van der Waals surface area contributed by atoms with Crippen LogP contribution in [-0.2, 0) is 29.1 Å². The Bertz CT molecular complexity index is 1800. The van der Waals surface area contributed by atoms with Gasteiger partial charge in [0.15, 0.2) is 0 Å². The molecule has 0 bridgehead atoms. The minimum atomic E-state index is -3.48. The van der Waals surface area contributed by atoms with E-state index in [9.17, 15) is 18.0 Å². The molecule has 0 unspecified atom stereocenters. The largest absolute Gasteiger partial charge is 0.457 e. The monoisotopic (exact) mass is 611 g/mol. The van der Waals surface area contributed by atoms with Crippen molar-refractivity contribution in [3.05, 3.63) is 131 Å². The molecule has 2 aliphatic heterocycles. The Morgan fingerprint density at radius 2 is 1.02 bits per heavy atom. The number of hydrogen-bond acceptors (Lipinski definition) is 7. The molecule has 0 saturated heterocycles. The van der Waals surface area contributed by atoms with Crippen molar-refractivity contribution < 1.29 is 27.5 Å². The van der Waals surface area contributed by atoms with Crippen LogP contribution in [0.25, 0.3) is 22.3 Å². The molecule has 0 spiro atoms. The van der Waals surface area contributed by atoms with E-state index in [2.05, 4.69) is 16.9 Å². The van der Waals surface area contributed by atoms with E-state index in [4.69, 9.17) is 9.47 Å². The van der Waals surface area contributed by atoms with Gasteiger partial charge in [-0.25, -0.2) is 22.7 Å². The number of sulfonamides is 1. The SMILES string of the molecule is CNS(=O)(=O)c1ccc(C2=C(c3ccccc3)C(=O)OC2)cc1.CSc1ccc(C2=C(c3ccccc3)C(=O)OC2)cc1. The van der Waals surface area contributed by atoms with Crippen molar-refractivity contribution in [2.45, 2.75) is 9.79 Å². The Kier molecular flexibility index (Phi) is 9.25. The summed E-state index contributed by atoms with van der Waals surface area (Å²) in [6.07, 6.45) is 2.05. The zero-order valence-corrected chi connectivity index (χ0v) is 25.2. The average Bonchev–Trinajstić information content (AvgIpc) is 3.64. The first-order valence-electron chi connectivity index (χ1n) is 13.4. The van der Waals surface area contributed by atoms with Crippen LogP contribution in [0.2, 0.25) is 0 Å². The topological polar surface area (TPSA) is 98.8 Å². The lowest BCUT2D eigenvalue weighted by molar-refractivity contribution is -0.134. The Balaban J connectivity index is 0.000000173. The van der Waals surface area contributed by atoms with Gasteiger partial charge in [-0.05, 0) is 59.8 Å². The number of carbonyl (C=O) groups is 2. The highest BCUT2D eigenvalue weighted by molar-refractivity contribution is 7.98. The lowest BCUT2D eigenvalue weighted by Crippen LogP contribution is -2.18. The molecular formula is C34H29NO6S2. The van der Waals surface area contributed by atoms with Crippen LogP contribution >= 0.6 is 11.8 Å². The van der Waals surface area contributed by atoms with Crippen LogP contribution in [0.5, 0.6) is 0 Å². The summed E-state index contributed by atoms with van der Waals surface area (Å²) in [6.45, 7) is 0.531. The summed E-state index contributed by atoms with van der Waals surface area (Å²) >= 11 is 1.70. The van der Waals surface area contributed by atoms with Gasteiger partial charge in [-0.2, -0.15) is 0 Å². The fourth-order valence-corrected chi connectivity index (χ4v) is 5.94. The van der Waals surface area contributed by atoms with Crippen LogP contribution in [-0.4, -0.2) is 46.9 Å². The van der Waals surface area contributed by atoms with Crippen molar-refractivity contribution >= 4 is 56.0 Å². The highest BCUT2D eigenvalue weighted by Crippen LogP contribution is 2.34. The van der Waals surface area contributed by atoms with Gasteiger partial charge in [0.05, 0.1) is 16.0 Å². The minimum absolute atomic E-state index is 0.177. The second-order valence-electron chi connectivity index (χ2n) is 9.55. The molecule has 1 N–H and O–H groups in total. The molecule has 0 aromatic heterocycles. The maximum absolute atomic E-state index is 12.0. The van der Waals surface area contributed by atoms with Crippen molar-refractivity contribution in [3.8, 4) is 0 Å². The normalized spacial score (nSPS) is 14.7. The van der Waals surface area contributed by atoms with Gasteiger partial charge < -0.3 is 9.47 Å². The summed E-state index contributed by atoms with van der Waals surface area (Å²) in [5.41, 5.74) is 6.45. The summed E-state index contributed by atoms with van der Waals surface area (Å²) in [7, 11) is -2.12. The van der Waals surface area contributed by atoms with Gasteiger partial charge in [-0.1, -0.05) is 84.9 Å². The van der Waals surface area contributed by atoms with Crippen molar-refractivity contribution in [1.82, 2.24) is 4.72 Å². The molecule has 43 heavy (non-hydrogen) atoms. The molecule has 7 nitrogen and oxygen atoms in total. The van der Waals surface area contributed by atoms with E-state index in [1.807, 2.05) is 79.1 Å². The smallest absolute Gasteiger partial charge is 0.339 e. The van der Waals surface area contributed by atoms with Crippen LogP contribution in [0.4, 0.5) is 0 Å². The van der Waals surface area contributed by atoms with Crippen LogP contribution in [0.1, 0.15) is 22.3 Å². The van der Waals surface area contributed by atoms with Crippen molar-refractivity contribution in [2.24, 2.45) is 0 Å². The first-order valence-corrected chi connectivity index (χ1v) is 16.1. The number of rotatable bonds is 7. The second-order valence-corrected chi connectivity index (χ2v) is 12.3. The molecule has 4 aromatic carbocycles. The fraction of sp³-hybridized carbons (Fsp3) is 0.118. The van der Waals surface area contributed by atoms with Crippen molar-refractivity contribution in [1.29, 1.82) is 0 Å². The van der Waals surface area contributed by atoms with Gasteiger partial charge in [-0.15, -0.1) is 11.8 Å². The molecule has 0 atom stereocenters. The second kappa shape index (κ2) is 13.2. The van der Waals surface area contributed by atoms with E-state index in [1.165, 1.54) is 24.1 Å². The van der Waals surface area contributed by atoms with Gasteiger partial charge in [0.1, 0.15) is 13.2 Å². The summed E-state index contributed by atoms with van der Waals surface area (Å²) in [4.78, 5) is 25.4. The third-order valence-corrected chi connectivity index (χ3v) is 9.23. The van der Waals surface area contributed by atoms with Gasteiger partial charge >= 0.3 is 11.9 Å². The van der Waals surface area contributed by atoms with E-state index < -0.39 is 10.0 Å². The molecule has 2 aliphatic rings. The molecule has 0 radical (unpaired) electrons. The Labute approximate surface area is 255 Å². The van der Waals surface area contributed by atoms with Crippen LogP contribution in [0.3, 0.4) is 0 Å². The zero-order chi connectivity index (χ0) is 30.4. The van der Waals surface area contributed by atoms with Crippen molar-refractivity contribution in [3.63, 3.8) is 0 Å². The van der Waals surface area contributed by atoms with Crippen LogP contribution in [0, 0.1) is 0 Å². The Morgan fingerprint density at radius 3 is 1.42 bits per heavy atom. The molecule has 6 rings (SSSR count). The number of cyclic esters (lactones) is 2. The number of esters is 2. The van der Waals surface area contributed by atoms with E-state index in [1.54, 1.807) is 23.9 Å². The third-order valence-electron chi connectivity index (χ3n) is 7.05. The Hall–Kier alpha value is -4.44. The molecule has 0 fully saturated rings. The summed E-state index contributed by atoms with van der Waals surface area (Å²) < 4.78 is 36.2. The molecule has 9 heteroatoms. The summed E-state index contributed by atoms with van der Waals surface area (Å²) in [5, 5.41) is 0. The molecule has 2 heterocycles. The lowest BCUT2D eigenvalue weighted by atomic mass is 9.97. The van der Waals surface area contributed by atoms with Gasteiger partial charge in [0, 0.05) is 16.0 Å². The van der Waals surface area contributed by atoms with Crippen molar-refractivity contribution in [2.75, 3.05) is 26.5 Å². The van der Waals surface area contributed by atoms with E-state index in [0.717, 1.165) is 33.4 Å². The van der Waals surface area contributed by atoms with E-state index >= 15 is 0 Å². The van der Waals surface area contributed by atoms with Gasteiger partial charge in [-0.3, -0.25) is 0 Å². The maximum atomic E-state index is 12.0. The number of nitrogens with one attached hydrogen (secondary N) is 1. The molecule has 4 aromatic rings. The highest BCUT2D eigenvalue weighted by Gasteiger charge is 2.28. The highest BCUT2D eigenvalue weighted by atomic mass is 32.2. The number of ether oxygens (including phenoxy) is 2. The molecular weight excluding hydrogens is 583 g/mol. The van der Waals surface area contributed by atoms with E-state index in [0.29, 0.717) is 17.8 Å². The van der Waals surface area contributed by atoms with Gasteiger partial charge in [0.25, 0.3) is 0 Å². The first-order chi connectivity index (χ1) is 20.8. The predicted molar refractivity (Wildman–Crippen MR) is 169 cm³/mol. The van der Waals surface area contributed by atoms with Crippen LogP contribution in [0.15, 0.2) is 119 Å². The summed E-state index contributed by atoms with van der Waals surface area (Å²) in [5.74, 6) is -0.599. The summed E-state index contributed by atoms with van der Waals surface area (Å²) in [6, 6.07) is 33.6. The molecule has 0 aliphatic carbocycles. The quantitative estimate of drug-likeness (QED) is 0.204. The maximum Gasteiger partial charge on any atom is 0.339 e. The number of benzene rings is 4. The van der Waals surface area contributed by atoms with Crippen LogP contribution < -0.4 is 4.72 Å². The number of thioether (sulfide) groups is 1. The molecule has 0 amide bonds. The first kappa shape index (κ1) is 30.0. The number of carbonyl (C=O) groups excluding carboxylic acids is 2. The van der Waals surface area contributed by atoms with E-state index in [-0.39, 0.29) is 23.4 Å². The molecule has 218 valence electrons. The average molecular weight is 612 g/mol. The minimum Gasteiger partial charge on any atom is -0.457 e. The van der Waals surface area contributed by atoms with Gasteiger partial charge in [0.2, 0.25) is 10.0 Å². The zero-order valence-electron chi connectivity index (χ0n) is 23.6. The standard InChI is InChI=1S/C17H15NO4S.C17H14O2S/c1-18-23(20,21)14-9-7-12(8-10-14)15-11-22-17(19)16(15)13-5-3-2-4-6-13;1-20-14-9-7-12(8-10-14)15-11-19-17(18)16(15)13-5-3-2-4-6-13/h2-10,18H,11H2,1H3;2-10H,11H2,1H3. The molecule has 0 saturated carbocycles. The predicted octanol–water partition coefficient (Wildman–Crippen LogP) is 5.94. The number of hydrogen-bond donors (Lipinski definition) is 1. The third kappa shape index (κ3) is 6.64. The fourth-order valence-electron chi connectivity index (χ4n) is 4.80. The Morgan fingerprint density at radius 1 is 0.605 bits per heavy atom.